The van der Waals surface area contributed by atoms with Gasteiger partial charge in [0.2, 0.25) is 0 Å². The summed E-state index contributed by atoms with van der Waals surface area (Å²) in [5.41, 5.74) is 0.754. The molecule has 0 saturated carbocycles. The summed E-state index contributed by atoms with van der Waals surface area (Å²) in [6.07, 6.45) is 0. The van der Waals surface area contributed by atoms with Crippen molar-refractivity contribution >= 4 is 5.97 Å². The molecule has 0 radical (unpaired) electrons. The lowest BCUT2D eigenvalue weighted by Gasteiger charge is -2.15. The van der Waals surface area contributed by atoms with E-state index in [0.717, 1.165) is 4.68 Å². The second kappa shape index (κ2) is 7.63. The van der Waals surface area contributed by atoms with Gasteiger partial charge in [0.1, 0.15) is 11.5 Å². The number of benzene rings is 1. The van der Waals surface area contributed by atoms with Crippen LogP contribution in [0.4, 0.5) is 0 Å². The first-order valence-corrected chi connectivity index (χ1v) is 7.50. The number of rotatable bonds is 6. The lowest BCUT2D eigenvalue weighted by Crippen LogP contribution is -2.31. The van der Waals surface area contributed by atoms with Gasteiger partial charge in [0, 0.05) is 11.6 Å². The molecule has 0 N–H and O–H groups in total. The largest absolute Gasteiger partial charge is 0.497 e. The molecule has 0 aliphatic heterocycles. The quantitative estimate of drug-likeness (QED) is 0.753. The van der Waals surface area contributed by atoms with E-state index < -0.39 is 12.0 Å². The van der Waals surface area contributed by atoms with E-state index in [1.54, 1.807) is 52.3 Å². The summed E-state index contributed by atoms with van der Waals surface area (Å²) in [4.78, 5) is 24.0. The Hall–Kier alpha value is -2.83. The van der Waals surface area contributed by atoms with E-state index in [0.29, 0.717) is 22.8 Å². The van der Waals surface area contributed by atoms with Crippen LogP contribution in [0.2, 0.25) is 0 Å². The van der Waals surface area contributed by atoms with Crippen LogP contribution in [-0.2, 0) is 9.53 Å². The Kier molecular flexibility index (Phi) is 5.57. The van der Waals surface area contributed by atoms with Crippen molar-refractivity contribution in [1.29, 1.82) is 0 Å². The molecule has 0 aliphatic rings. The molecule has 7 heteroatoms. The van der Waals surface area contributed by atoms with Crippen LogP contribution in [0.3, 0.4) is 0 Å². The van der Waals surface area contributed by atoms with Gasteiger partial charge in [-0.2, -0.15) is 5.10 Å². The number of hydrogen-bond donors (Lipinski definition) is 0. The molecule has 2 aromatic rings. The molecule has 24 heavy (non-hydrogen) atoms. The summed E-state index contributed by atoms with van der Waals surface area (Å²) in [7, 11) is 3.10. The van der Waals surface area contributed by atoms with E-state index in [1.165, 1.54) is 6.07 Å². The van der Waals surface area contributed by atoms with Crippen LogP contribution in [-0.4, -0.2) is 36.6 Å². The van der Waals surface area contributed by atoms with E-state index in [2.05, 4.69) is 5.10 Å². The second-order valence-corrected chi connectivity index (χ2v) is 5.00. The fourth-order valence-electron chi connectivity index (χ4n) is 2.22. The maximum absolute atomic E-state index is 12.1. The Morgan fingerprint density at radius 3 is 2.58 bits per heavy atom. The summed E-state index contributed by atoms with van der Waals surface area (Å²) in [5, 5.41) is 4.30. The third kappa shape index (κ3) is 3.56. The van der Waals surface area contributed by atoms with Gasteiger partial charge < -0.3 is 14.2 Å². The van der Waals surface area contributed by atoms with Gasteiger partial charge in [0.15, 0.2) is 6.04 Å². The van der Waals surface area contributed by atoms with Crippen LogP contribution in [0.1, 0.15) is 19.9 Å². The monoisotopic (exact) mass is 332 g/mol. The van der Waals surface area contributed by atoms with Gasteiger partial charge in [-0.3, -0.25) is 4.79 Å². The summed E-state index contributed by atoms with van der Waals surface area (Å²) in [5.74, 6) is 0.697. The fraction of sp³-hybridized carbons (Fsp3) is 0.353. The van der Waals surface area contributed by atoms with Crippen molar-refractivity contribution in [1.82, 2.24) is 9.78 Å². The topological polar surface area (TPSA) is 79.7 Å². The molecule has 1 atom stereocenters. The molecule has 0 bridgehead atoms. The van der Waals surface area contributed by atoms with E-state index in [1.807, 2.05) is 0 Å². The van der Waals surface area contributed by atoms with E-state index in [9.17, 15) is 9.59 Å². The standard InChI is InChI=1S/C17H20N2O5/c1-5-24-17(21)11(2)19-16(20)9-7-14(18-19)13-10-12(22-3)6-8-15(13)23-4/h6-11H,5H2,1-4H3/t11-/m0/s1. The Labute approximate surface area is 139 Å². The second-order valence-electron chi connectivity index (χ2n) is 5.00. The van der Waals surface area contributed by atoms with E-state index in [4.69, 9.17) is 14.2 Å². The molecular weight excluding hydrogens is 312 g/mol. The van der Waals surface area contributed by atoms with Crippen molar-refractivity contribution in [3.8, 4) is 22.8 Å². The highest BCUT2D eigenvalue weighted by molar-refractivity contribution is 5.74. The van der Waals surface area contributed by atoms with Crippen LogP contribution in [0.5, 0.6) is 11.5 Å². The molecule has 0 aliphatic carbocycles. The van der Waals surface area contributed by atoms with Crippen molar-refractivity contribution in [3.05, 3.63) is 40.7 Å². The molecule has 1 heterocycles. The van der Waals surface area contributed by atoms with Crippen molar-refractivity contribution in [3.63, 3.8) is 0 Å². The molecule has 0 amide bonds. The van der Waals surface area contributed by atoms with Gasteiger partial charge >= 0.3 is 5.97 Å². The van der Waals surface area contributed by atoms with Crippen molar-refractivity contribution in [2.24, 2.45) is 0 Å². The zero-order chi connectivity index (χ0) is 17.7. The summed E-state index contributed by atoms with van der Waals surface area (Å²) < 4.78 is 16.6. The predicted molar refractivity (Wildman–Crippen MR) is 88.4 cm³/mol. The minimum atomic E-state index is -0.825. The van der Waals surface area contributed by atoms with Crippen LogP contribution < -0.4 is 15.0 Å². The molecule has 0 fully saturated rings. The lowest BCUT2D eigenvalue weighted by atomic mass is 10.1. The predicted octanol–water partition coefficient (Wildman–Crippen LogP) is 2.05. The molecule has 0 spiro atoms. The third-order valence-corrected chi connectivity index (χ3v) is 3.50. The maximum atomic E-state index is 12.1. The van der Waals surface area contributed by atoms with E-state index >= 15 is 0 Å². The minimum absolute atomic E-state index is 0.237. The SMILES string of the molecule is CCOC(=O)[C@H](C)n1nc(-c2cc(OC)ccc2OC)ccc1=O. The molecule has 2 rings (SSSR count). The maximum Gasteiger partial charge on any atom is 0.330 e. The first-order chi connectivity index (χ1) is 11.5. The van der Waals surface area contributed by atoms with Gasteiger partial charge in [-0.1, -0.05) is 0 Å². The summed E-state index contributed by atoms with van der Waals surface area (Å²) >= 11 is 0. The minimum Gasteiger partial charge on any atom is -0.497 e. The van der Waals surface area contributed by atoms with Crippen molar-refractivity contribution < 1.29 is 19.0 Å². The molecule has 7 nitrogen and oxygen atoms in total. The highest BCUT2D eigenvalue weighted by Gasteiger charge is 2.20. The van der Waals surface area contributed by atoms with Crippen LogP contribution in [0.25, 0.3) is 11.3 Å². The lowest BCUT2D eigenvalue weighted by molar-refractivity contribution is -0.147. The van der Waals surface area contributed by atoms with Gasteiger partial charge in [0.05, 0.1) is 26.5 Å². The Bertz CT molecular complexity index is 785. The van der Waals surface area contributed by atoms with Crippen LogP contribution >= 0.6 is 0 Å². The number of carbonyl (C=O) groups is 1. The number of esters is 1. The smallest absolute Gasteiger partial charge is 0.330 e. The third-order valence-electron chi connectivity index (χ3n) is 3.50. The molecule has 0 saturated heterocycles. The van der Waals surface area contributed by atoms with Crippen molar-refractivity contribution in [2.45, 2.75) is 19.9 Å². The zero-order valence-corrected chi connectivity index (χ0v) is 14.1. The Balaban J connectivity index is 2.52. The first-order valence-electron chi connectivity index (χ1n) is 7.50. The summed E-state index contributed by atoms with van der Waals surface area (Å²) in [6, 6.07) is 7.38. The van der Waals surface area contributed by atoms with E-state index in [-0.39, 0.29) is 12.2 Å². The summed E-state index contributed by atoms with van der Waals surface area (Å²) in [6.45, 7) is 3.51. The number of ether oxygens (including phenoxy) is 3. The highest BCUT2D eigenvalue weighted by atomic mass is 16.5. The number of aromatic nitrogens is 2. The molecule has 1 aromatic heterocycles. The first kappa shape index (κ1) is 17.5. The normalized spacial score (nSPS) is 11.7. The number of hydrogen-bond acceptors (Lipinski definition) is 6. The number of carbonyl (C=O) groups excluding carboxylic acids is 1. The van der Waals surface area contributed by atoms with Crippen molar-refractivity contribution in [2.75, 3.05) is 20.8 Å². The number of nitrogens with zero attached hydrogens (tertiary/aromatic N) is 2. The molecule has 0 unspecified atom stereocenters. The van der Waals surface area contributed by atoms with Gasteiger partial charge in [-0.25, -0.2) is 9.48 Å². The average molecular weight is 332 g/mol. The van der Waals surface area contributed by atoms with Crippen LogP contribution in [0.15, 0.2) is 35.1 Å². The van der Waals surface area contributed by atoms with Crippen LogP contribution in [0, 0.1) is 0 Å². The van der Waals surface area contributed by atoms with Gasteiger partial charge in [0.25, 0.3) is 5.56 Å². The average Bonchev–Trinajstić information content (AvgIpc) is 2.61. The highest BCUT2D eigenvalue weighted by Crippen LogP contribution is 2.31. The molecular formula is C17H20N2O5. The molecule has 128 valence electrons. The fourth-order valence-corrected chi connectivity index (χ4v) is 2.22. The Morgan fingerprint density at radius 2 is 1.96 bits per heavy atom. The molecule has 1 aromatic carbocycles. The van der Waals surface area contributed by atoms with Gasteiger partial charge in [-0.05, 0) is 38.1 Å². The number of methoxy groups -OCH3 is 2. The van der Waals surface area contributed by atoms with Gasteiger partial charge in [-0.15, -0.1) is 0 Å². The Morgan fingerprint density at radius 1 is 1.21 bits per heavy atom. The zero-order valence-electron chi connectivity index (χ0n) is 14.1.